The van der Waals surface area contributed by atoms with Crippen molar-refractivity contribution in [3.05, 3.63) is 58.6 Å². The summed E-state index contributed by atoms with van der Waals surface area (Å²) in [6, 6.07) is 11.2. The lowest BCUT2D eigenvalue weighted by Crippen LogP contribution is -2.32. The fourth-order valence-corrected chi connectivity index (χ4v) is 4.29. The van der Waals surface area contributed by atoms with Crippen LogP contribution in [0.4, 0.5) is 5.69 Å². The molecule has 0 radical (unpaired) electrons. The van der Waals surface area contributed by atoms with Gasteiger partial charge in [0.05, 0.1) is 10.6 Å². The van der Waals surface area contributed by atoms with Crippen LogP contribution in [0.2, 0.25) is 5.02 Å². The lowest BCUT2D eigenvalue weighted by atomic mass is 10.2. The van der Waals surface area contributed by atoms with Crippen molar-refractivity contribution in [1.82, 2.24) is 5.32 Å². The number of halogens is 1. The first-order valence-electron chi connectivity index (χ1n) is 8.55. The highest BCUT2D eigenvalue weighted by atomic mass is 35.5. The van der Waals surface area contributed by atoms with Crippen molar-refractivity contribution in [1.29, 1.82) is 0 Å². The highest BCUT2D eigenvalue weighted by Gasteiger charge is 2.20. The maximum Gasteiger partial charge on any atom is 0.261 e. The number of sulfonamides is 1. The number of hydrogen-bond acceptors (Lipinski definition) is 3. The summed E-state index contributed by atoms with van der Waals surface area (Å²) < 4.78 is 27.8. The van der Waals surface area contributed by atoms with Crippen LogP contribution in [0, 0.1) is 6.92 Å². The Kier molecular flexibility index (Phi) is 5.53. The first kappa shape index (κ1) is 18.7. The van der Waals surface area contributed by atoms with Gasteiger partial charge in [-0.2, -0.15) is 0 Å². The molecule has 0 spiro atoms. The van der Waals surface area contributed by atoms with Gasteiger partial charge >= 0.3 is 0 Å². The Labute approximate surface area is 158 Å². The van der Waals surface area contributed by atoms with Crippen LogP contribution in [0.15, 0.2) is 47.4 Å². The predicted octanol–water partition coefficient (Wildman–Crippen LogP) is 4.12. The van der Waals surface area contributed by atoms with Crippen LogP contribution in [0.1, 0.15) is 41.6 Å². The van der Waals surface area contributed by atoms with Gasteiger partial charge in [0.25, 0.3) is 15.9 Å². The molecular formula is C19H21ClN2O3S. The highest BCUT2D eigenvalue weighted by Crippen LogP contribution is 2.23. The molecule has 1 aliphatic rings. The number of amides is 1. The molecule has 5 nitrogen and oxygen atoms in total. The van der Waals surface area contributed by atoms with Crippen molar-refractivity contribution < 1.29 is 13.2 Å². The van der Waals surface area contributed by atoms with Gasteiger partial charge in [-0.15, -0.1) is 0 Å². The monoisotopic (exact) mass is 392 g/mol. The van der Waals surface area contributed by atoms with Gasteiger partial charge in [-0.25, -0.2) is 8.42 Å². The second-order valence-corrected chi connectivity index (χ2v) is 8.64. The summed E-state index contributed by atoms with van der Waals surface area (Å²) in [5, 5.41) is 3.45. The Morgan fingerprint density at radius 1 is 1.12 bits per heavy atom. The van der Waals surface area contributed by atoms with Crippen molar-refractivity contribution >= 4 is 33.2 Å². The van der Waals surface area contributed by atoms with Crippen LogP contribution in [0.3, 0.4) is 0 Å². The molecule has 2 aromatic carbocycles. The normalized spacial score (nSPS) is 15.0. The number of carbonyl (C=O) groups excluding carboxylic acids is 1. The van der Waals surface area contributed by atoms with Gasteiger partial charge in [-0.1, -0.05) is 36.6 Å². The summed E-state index contributed by atoms with van der Waals surface area (Å²) in [7, 11) is -3.81. The van der Waals surface area contributed by atoms with E-state index in [1.165, 1.54) is 12.1 Å². The summed E-state index contributed by atoms with van der Waals surface area (Å²) in [6.45, 7) is 1.84. The van der Waals surface area contributed by atoms with Crippen molar-refractivity contribution in [3.8, 4) is 0 Å². The third-order valence-corrected chi connectivity index (χ3v) is 6.31. The molecule has 7 heteroatoms. The van der Waals surface area contributed by atoms with Gasteiger partial charge in [0, 0.05) is 16.6 Å². The average molecular weight is 393 g/mol. The molecule has 0 aliphatic heterocycles. The summed E-state index contributed by atoms with van der Waals surface area (Å²) in [6.07, 6.45) is 4.17. The van der Waals surface area contributed by atoms with E-state index >= 15 is 0 Å². The molecule has 1 fully saturated rings. The van der Waals surface area contributed by atoms with E-state index in [0.29, 0.717) is 16.3 Å². The summed E-state index contributed by atoms with van der Waals surface area (Å²) >= 11 is 6.05. The SMILES string of the molecule is Cc1ccc(NS(=O)(=O)c2cccc(C(=O)NC3CCCC3)c2)cc1Cl. The zero-order valence-electron chi connectivity index (χ0n) is 14.5. The molecule has 0 saturated heterocycles. The summed E-state index contributed by atoms with van der Waals surface area (Å²) in [4.78, 5) is 12.4. The molecule has 0 heterocycles. The van der Waals surface area contributed by atoms with Gasteiger partial charge in [-0.05, 0) is 55.7 Å². The lowest BCUT2D eigenvalue weighted by molar-refractivity contribution is 0.0937. The van der Waals surface area contributed by atoms with Gasteiger partial charge in [0.1, 0.15) is 0 Å². The number of aryl methyl sites for hydroxylation is 1. The van der Waals surface area contributed by atoms with Gasteiger partial charge in [0.15, 0.2) is 0 Å². The molecule has 1 saturated carbocycles. The van der Waals surface area contributed by atoms with Crippen molar-refractivity contribution in [2.45, 2.75) is 43.5 Å². The van der Waals surface area contributed by atoms with Gasteiger partial charge < -0.3 is 5.32 Å². The third kappa shape index (κ3) is 4.37. The molecule has 26 heavy (non-hydrogen) atoms. The van der Waals surface area contributed by atoms with E-state index in [0.717, 1.165) is 31.2 Å². The van der Waals surface area contributed by atoms with Crippen LogP contribution in [0.5, 0.6) is 0 Å². The van der Waals surface area contributed by atoms with E-state index in [2.05, 4.69) is 10.0 Å². The summed E-state index contributed by atoms with van der Waals surface area (Å²) in [5.74, 6) is -0.243. The van der Waals surface area contributed by atoms with E-state index in [9.17, 15) is 13.2 Å². The molecule has 3 rings (SSSR count). The maximum absolute atomic E-state index is 12.6. The fourth-order valence-electron chi connectivity index (χ4n) is 3.01. The first-order valence-corrected chi connectivity index (χ1v) is 10.4. The minimum Gasteiger partial charge on any atom is -0.349 e. The number of benzene rings is 2. The van der Waals surface area contributed by atoms with E-state index in [1.807, 2.05) is 6.92 Å². The van der Waals surface area contributed by atoms with E-state index < -0.39 is 10.0 Å². The van der Waals surface area contributed by atoms with Crippen LogP contribution in [-0.2, 0) is 10.0 Å². The Balaban J connectivity index is 1.79. The second kappa shape index (κ2) is 7.68. The zero-order valence-corrected chi connectivity index (χ0v) is 16.0. The quantitative estimate of drug-likeness (QED) is 0.803. The fraction of sp³-hybridized carbons (Fsp3) is 0.316. The van der Waals surface area contributed by atoms with Gasteiger partial charge in [-0.3, -0.25) is 9.52 Å². The Bertz CT molecular complexity index is 922. The zero-order chi connectivity index (χ0) is 18.7. The number of hydrogen-bond donors (Lipinski definition) is 2. The van der Waals surface area contributed by atoms with Crippen LogP contribution < -0.4 is 10.0 Å². The maximum atomic E-state index is 12.6. The Morgan fingerprint density at radius 2 is 1.85 bits per heavy atom. The lowest BCUT2D eigenvalue weighted by Gasteiger charge is -2.13. The third-order valence-electron chi connectivity index (χ3n) is 4.52. The average Bonchev–Trinajstić information content (AvgIpc) is 3.11. The van der Waals surface area contributed by atoms with E-state index in [1.54, 1.807) is 30.3 Å². The standard InChI is InChI=1S/C19H21ClN2O3S/c1-13-9-10-16(12-18(13)20)22-26(24,25)17-8-4-5-14(11-17)19(23)21-15-6-2-3-7-15/h4-5,8-12,15,22H,2-3,6-7H2,1H3,(H,21,23). The van der Waals surface area contributed by atoms with Crippen LogP contribution >= 0.6 is 11.6 Å². The van der Waals surface area contributed by atoms with Crippen molar-refractivity contribution in [2.75, 3.05) is 4.72 Å². The van der Waals surface area contributed by atoms with Gasteiger partial charge in [0.2, 0.25) is 0 Å². The van der Waals surface area contributed by atoms with E-state index in [4.69, 9.17) is 11.6 Å². The number of anilines is 1. The minimum absolute atomic E-state index is 0.0354. The molecular weight excluding hydrogens is 372 g/mol. The molecule has 0 atom stereocenters. The molecule has 0 bridgehead atoms. The van der Waals surface area contributed by atoms with Crippen LogP contribution in [0.25, 0.3) is 0 Å². The topological polar surface area (TPSA) is 75.3 Å². The van der Waals surface area contributed by atoms with Crippen molar-refractivity contribution in [3.63, 3.8) is 0 Å². The van der Waals surface area contributed by atoms with Crippen LogP contribution in [-0.4, -0.2) is 20.4 Å². The summed E-state index contributed by atoms with van der Waals surface area (Å²) in [5.41, 5.74) is 1.57. The molecule has 1 amide bonds. The Morgan fingerprint density at radius 3 is 2.54 bits per heavy atom. The highest BCUT2D eigenvalue weighted by molar-refractivity contribution is 7.92. The predicted molar refractivity (Wildman–Crippen MR) is 103 cm³/mol. The molecule has 0 aromatic heterocycles. The second-order valence-electron chi connectivity index (χ2n) is 6.55. The minimum atomic E-state index is -3.81. The number of nitrogens with one attached hydrogen (secondary N) is 2. The number of rotatable bonds is 5. The smallest absolute Gasteiger partial charge is 0.261 e. The first-order chi connectivity index (χ1) is 12.3. The molecule has 138 valence electrons. The molecule has 2 N–H and O–H groups in total. The molecule has 2 aromatic rings. The molecule has 1 aliphatic carbocycles. The largest absolute Gasteiger partial charge is 0.349 e. The number of carbonyl (C=O) groups is 1. The Hall–Kier alpha value is -2.05. The van der Waals surface area contributed by atoms with E-state index in [-0.39, 0.29) is 16.8 Å². The molecule has 0 unspecified atom stereocenters. The van der Waals surface area contributed by atoms with Crippen molar-refractivity contribution in [2.24, 2.45) is 0 Å².